The van der Waals surface area contributed by atoms with E-state index in [0.29, 0.717) is 29.9 Å². The lowest BCUT2D eigenvalue weighted by Crippen LogP contribution is -2.23. The van der Waals surface area contributed by atoms with Gasteiger partial charge in [0.15, 0.2) is 17.4 Å². The van der Waals surface area contributed by atoms with Gasteiger partial charge in [-0.1, -0.05) is 24.2 Å². The summed E-state index contributed by atoms with van der Waals surface area (Å²) in [5.41, 5.74) is 0. The molecule has 8 heteroatoms. The number of aromatic nitrogens is 4. The van der Waals surface area contributed by atoms with E-state index in [2.05, 4.69) is 39.0 Å². The second kappa shape index (κ2) is 6.20. The van der Waals surface area contributed by atoms with Gasteiger partial charge in [-0.05, 0) is 31.5 Å². The number of nitrogens with zero attached hydrogens (tertiary/aromatic N) is 5. The Bertz CT molecular complexity index is 792. The maximum atomic E-state index is 5.46. The van der Waals surface area contributed by atoms with Crippen molar-refractivity contribution >= 4 is 0 Å². The fourth-order valence-corrected chi connectivity index (χ4v) is 2.91. The maximum Gasteiger partial charge on any atom is 0.293 e. The minimum absolute atomic E-state index is 0.107. The molecule has 0 radical (unpaired) electrons. The molecule has 126 valence electrons. The molecule has 0 unspecified atom stereocenters. The first kappa shape index (κ1) is 15.1. The van der Waals surface area contributed by atoms with Gasteiger partial charge in [0, 0.05) is 5.92 Å². The van der Waals surface area contributed by atoms with E-state index in [1.165, 1.54) is 0 Å². The van der Waals surface area contributed by atoms with E-state index < -0.39 is 0 Å². The van der Waals surface area contributed by atoms with E-state index in [9.17, 15) is 0 Å². The topological polar surface area (TPSA) is 94.2 Å². The van der Waals surface area contributed by atoms with Crippen molar-refractivity contribution in [2.45, 2.75) is 45.2 Å². The SMILES string of the molecule is CC(C)c1noc([C@H]2CCCN2Cc2noc(-c3ccco3)n2)n1. The first-order valence-corrected chi connectivity index (χ1v) is 8.14. The summed E-state index contributed by atoms with van der Waals surface area (Å²) in [5.74, 6) is 3.26. The van der Waals surface area contributed by atoms with Crippen LogP contribution in [0, 0.1) is 0 Å². The number of furan rings is 1. The number of rotatable bonds is 5. The molecule has 0 N–H and O–H groups in total. The Morgan fingerprint density at radius 1 is 1.25 bits per heavy atom. The first-order valence-electron chi connectivity index (χ1n) is 8.14. The fourth-order valence-electron chi connectivity index (χ4n) is 2.91. The van der Waals surface area contributed by atoms with Crippen LogP contribution < -0.4 is 0 Å². The molecule has 3 aromatic rings. The minimum Gasteiger partial charge on any atom is -0.459 e. The van der Waals surface area contributed by atoms with Gasteiger partial charge in [0.25, 0.3) is 5.89 Å². The molecule has 1 fully saturated rings. The van der Waals surface area contributed by atoms with Gasteiger partial charge in [0.1, 0.15) is 0 Å². The van der Waals surface area contributed by atoms with Crippen LogP contribution in [0.1, 0.15) is 56.2 Å². The first-order chi connectivity index (χ1) is 11.7. The summed E-state index contributed by atoms with van der Waals surface area (Å²) < 4.78 is 16.0. The van der Waals surface area contributed by atoms with Gasteiger partial charge >= 0.3 is 0 Å². The largest absolute Gasteiger partial charge is 0.459 e. The molecule has 8 nitrogen and oxygen atoms in total. The molecule has 1 aliphatic rings. The summed E-state index contributed by atoms with van der Waals surface area (Å²) >= 11 is 0. The Labute approximate surface area is 138 Å². The minimum atomic E-state index is 0.107. The van der Waals surface area contributed by atoms with E-state index in [1.807, 2.05) is 0 Å². The molecule has 4 heterocycles. The molecule has 0 amide bonds. The predicted molar refractivity (Wildman–Crippen MR) is 82.8 cm³/mol. The van der Waals surface area contributed by atoms with Crippen LogP contribution in [0.2, 0.25) is 0 Å². The maximum absolute atomic E-state index is 5.46. The third-order valence-corrected chi connectivity index (χ3v) is 4.17. The van der Waals surface area contributed by atoms with Crippen LogP contribution in [0.5, 0.6) is 0 Å². The highest BCUT2D eigenvalue weighted by molar-refractivity contribution is 5.42. The molecule has 0 spiro atoms. The van der Waals surface area contributed by atoms with Crippen LogP contribution in [0.15, 0.2) is 31.9 Å². The van der Waals surface area contributed by atoms with Gasteiger partial charge in [-0.2, -0.15) is 9.97 Å². The van der Waals surface area contributed by atoms with Crippen LogP contribution in [0.3, 0.4) is 0 Å². The molecule has 0 aromatic carbocycles. The van der Waals surface area contributed by atoms with Crippen molar-refractivity contribution in [1.82, 2.24) is 25.2 Å². The van der Waals surface area contributed by atoms with Gasteiger partial charge in [-0.25, -0.2) is 0 Å². The Morgan fingerprint density at radius 3 is 2.92 bits per heavy atom. The van der Waals surface area contributed by atoms with Gasteiger partial charge < -0.3 is 13.5 Å². The van der Waals surface area contributed by atoms with E-state index in [1.54, 1.807) is 18.4 Å². The van der Waals surface area contributed by atoms with Crippen LogP contribution >= 0.6 is 0 Å². The zero-order chi connectivity index (χ0) is 16.5. The summed E-state index contributed by atoms with van der Waals surface area (Å²) in [6.45, 7) is 5.62. The monoisotopic (exact) mass is 329 g/mol. The molecule has 24 heavy (non-hydrogen) atoms. The molecule has 1 atom stereocenters. The van der Waals surface area contributed by atoms with Crippen molar-refractivity contribution < 1.29 is 13.5 Å². The highest BCUT2D eigenvalue weighted by Gasteiger charge is 2.32. The molecule has 1 aliphatic heterocycles. The van der Waals surface area contributed by atoms with Crippen molar-refractivity contribution in [3.8, 4) is 11.7 Å². The van der Waals surface area contributed by atoms with Crippen LogP contribution in [0.4, 0.5) is 0 Å². The molecule has 3 aromatic heterocycles. The summed E-state index contributed by atoms with van der Waals surface area (Å²) in [6, 6.07) is 3.69. The average molecular weight is 329 g/mol. The van der Waals surface area contributed by atoms with E-state index in [-0.39, 0.29) is 12.0 Å². The Morgan fingerprint density at radius 2 is 2.17 bits per heavy atom. The number of hydrogen-bond donors (Lipinski definition) is 0. The molecular formula is C16H19N5O3. The quantitative estimate of drug-likeness (QED) is 0.704. The molecule has 4 rings (SSSR count). The zero-order valence-electron chi connectivity index (χ0n) is 13.7. The van der Waals surface area contributed by atoms with Crippen molar-refractivity contribution in [3.05, 3.63) is 35.9 Å². The van der Waals surface area contributed by atoms with Crippen LogP contribution in [0.25, 0.3) is 11.7 Å². The summed E-state index contributed by atoms with van der Waals surface area (Å²) in [5, 5.41) is 8.11. The van der Waals surface area contributed by atoms with Crippen molar-refractivity contribution in [2.24, 2.45) is 0 Å². The second-order valence-electron chi connectivity index (χ2n) is 6.27. The summed E-state index contributed by atoms with van der Waals surface area (Å²) in [4.78, 5) is 11.2. The Kier molecular flexibility index (Phi) is 3.89. The second-order valence-corrected chi connectivity index (χ2v) is 6.27. The zero-order valence-corrected chi connectivity index (χ0v) is 13.7. The normalized spacial score (nSPS) is 18.7. The van der Waals surface area contributed by atoms with Gasteiger partial charge in [0.05, 0.1) is 18.8 Å². The van der Waals surface area contributed by atoms with E-state index in [0.717, 1.165) is 25.2 Å². The highest BCUT2D eigenvalue weighted by atomic mass is 16.5. The van der Waals surface area contributed by atoms with Crippen molar-refractivity contribution in [2.75, 3.05) is 6.54 Å². The molecule has 0 saturated carbocycles. The number of likely N-dealkylation sites (tertiary alicyclic amines) is 1. The molecular weight excluding hydrogens is 310 g/mol. The molecule has 0 aliphatic carbocycles. The van der Waals surface area contributed by atoms with Crippen molar-refractivity contribution in [3.63, 3.8) is 0 Å². The molecule has 0 bridgehead atoms. The summed E-state index contributed by atoms with van der Waals surface area (Å²) in [7, 11) is 0. The van der Waals surface area contributed by atoms with E-state index in [4.69, 9.17) is 13.5 Å². The van der Waals surface area contributed by atoms with Crippen LogP contribution in [-0.4, -0.2) is 31.7 Å². The average Bonchev–Trinajstić information content (AvgIpc) is 3.35. The Balaban J connectivity index is 1.49. The van der Waals surface area contributed by atoms with Gasteiger partial charge in [-0.15, -0.1) is 0 Å². The van der Waals surface area contributed by atoms with Gasteiger partial charge in [0.2, 0.25) is 5.89 Å². The molecule has 1 saturated heterocycles. The van der Waals surface area contributed by atoms with Crippen LogP contribution in [-0.2, 0) is 6.54 Å². The number of hydrogen-bond acceptors (Lipinski definition) is 8. The smallest absolute Gasteiger partial charge is 0.293 e. The fraction of sp³-hybridized carbons (Fsp3) is 0.500. The Hall–Kier alpha value is -2.48. The third kappa shape index (κ3) is 2.84. The summed E-state index contributed by atoms with van der Waals surface area (Å²) in [6.07, 6.45) is 3.65. The van der Waals surface area contributed by atoms with Gasteiger partial charge in [-0.3, -0.25) is 4.90 Å². The lowest BCUT2D eigenvalue weighted by Gasteiger charge is -2.19. The standard InChI is InChI=1S/C16H19N5O3/c1-10(2)14-18-15(23-20-14)11-5-3-7-21(11)9-13-17-16(24-19-13)12-6-4-8-22-12/h4,6,8,10-11H,3,5,7,9H2,1-2H3/t11-/m1/s1. The third-order valence-electron chi connectivity index (χ3n) is 4.17. The highest BCUT2D eigenvalue weighted by Crippen LogP contribution is 2.32. The van der Waals surface area contributed by atoms with Crippen molar-refractivity contribution in [1.29, 1.82) is 0 Å². The lowest BCUT2D eigenvalue weighted by molar-refractivity contribution is 0.195. The van der Waals surface area contributed by atoms with E-state index >= 15 is 0 Å². The lowest BCUT2D eigenvalue weighted by atomic mass is 10.2. The predicted octanol–water partition coefficient (Wildman–Crippen LogP) is 3.17.